The van der Waals surface area contributed by atoms with Crippen LogP contribution in [0.25, 0.3) is 11.1 Å². The van der Waals surface area contributed by atoms with E-state index in [4.69, 9.17) is 0 Å². The third-order valence-corrected chi connectivity index (χ3v) is 7.93. The average Bonchev–Trinajstić information content (AvgIpc) is 3.29. The van der Waals surface area contributed by atoms with Crippen LogP contribution in [-0.4, -0.2) is 35.0 Å². The van der Waals surface area contributed by atoms with Gasteiger partial charge in [0.2, 0.25) is 0 Å². The van der Waals surface area contributed by atoms with Crippen molar-refractivity contribution in [3.8, 4) is 11.1 Å². The van der Waals surface area contributed by atoms with Crippen LogP contribution in [0.15, 0.2) is 83.8 Å². The number of carboxylic acid groups (broad SMARTS) is 1. The van der Waals surface area contributed by atoms with Crippen molar-refractivity contribution in [3.63, 3.8) is 0 Å². The topological polar surface area (TPSA) is 118 Å². The van der Waals surface area contributed by atoms with Crippen LogP contribution in [-0.2, 0) is 40.4 Å². The molecule has 0 saturated heterocycles. The first-order chi connectivity index (χ1) is 19.9. The summed E-state index contributed by atoms with van der Waals surface area (Å²) >= 11 is 0. The lowest BCUT2D eigenvalue weighted by atomic mass is 10.0. The number of carboxylic acids is 1. The molecule has 0 aliphatic heterocycles. The summed E-state index contributed by atoms with van der Waals surface area (Å²) in [6.07, 6.45) is -4.12. The number of unbranched alkanes of at least 4 members (excludes halogenated alkanes) is 1. The molecule has 0 unspecified atom stereocenters. The number of nitrogens with zero attached hydrogens (tertiary/aromatic N) is 2. The van der Waals surface area contributed by atoms with Gasteiger partial charge in [0.25, 0.3) is 15.9 Å². The van der Waals surface area contributed by atoms with E-state index in [1.54, 1.807) is 54.6 Å². The molecule has 220 valence electrons. The number of halogens is 3. The molecule has 1 heterocycles. The zero-order valence-corrected chi connectivity index (χ0v) is 23.4. The van der Waals surface area contributed by atoms with Crippen molar-refractivity contribution in [1.82, 2.24) is 14.3 Å². The molecule has 0 bridgehead atoms. The lowest BCUT2D eigenvalue weighted by Crippen LogP contribution is -2.30. The molecule has 8 nitrogen and oxygen atoms in total. The van der Waals surface area contributed by atoms with Gasteiger partial charge in [-0.2, -0.15) is 13.2 Å². The summed E-state index contributed by atoms with van der Waals surface area (Å²) in [5, 5.41) is 9.32. The van der Waals surface area contributed by atoms with E-state index in [1.807, 2.05) is 6.92 Å². The molecule has 0 spiro atoms. The number of sulfonamides is 1. The van der Waals surface area contributed by atoms with E-state index < -0.39 is 45.9 Å². The number of amides is 1. The molecule has 1 amide bonds. The molecule has 0 saturated carbocycles. The minimum absolute atomic E-state index is 0.0574. The molecule has 0 atom stereocenters. The van der Waals surface area contributed by atoms with E-state index >= 15 is 0 Å². The Morgan fingerprint density at radius 2 is 1.60 bits per heavy atom. The molecule has 0 fully saturated rings. The monoisotopic (exact) mass is 599 g/mol. The maximum Gasteiger partial charge on any atom is 0.435 e. The Balaban J connectivity index is 1.66. The molecule has 0 aliphatic carbocycles. The Kier molecular flexibility index (Phi) is 9.15. The second kappa shape index (κ2) is 12.6. The lowest BCUT2D eigenvalue weighted by molar-refractivity contribution is -0.142. The summed E-state index contributed by atoms with van der Waals surface area (Å²) in [7, 11) is -4.26. The largest absolute Gasteiger partial charge is 0.481 e. The summed E-state index contributed by atoms with van der Waals surface area (Å²) < 4.78 is 71.0. The van der Waals surface area contributed by atoms with Gasteiger partial charge in [-0.1, -0.05) is 74.0 Å². The SMILES string of the molecule is CCCCc1nc(C(F)(F)F)c(CC(=O)O)n1Cc1ccc(-c2ccccc2S(=O)(=O)NC(=O)c2ccccc2)cc1. The number of nitrogens with one attached hydrogen (secondary N) is 1. The van der Waals surface area contributed by atoms with Crippen molar-refractivity contribution in [2.45, 2.75) is 50.2 Å². The molecular formula is C30H28F3N3O5S. The quantitative estimate of drug-likeness (QED) is 0.228. The van der Waals surface area contributed by atoms with Gasteiger partial charge in [0, 0.05) is 24.1 Å². The van der Waals surface area contributed by atoms with E-state index in [-0.39, 0.29) is 29.2 Å². The third kappa shape index (κ3) is 7.06. The number of imidazole rings is 1. The summed E-state index contributed by atoms with van der Waals surface area (Å²) in [6, 6.07) is 20.5. The summed E-state index contributed by atoms with van der Waals surface area (Å²) in [5.74, 6) is -2.04. The standard InChI is InChI=1S/C30H28F3N3O5S/c1-2-3-13-26-34-28(30(31,32)33)24(18-27(37)38)36(26)19-20-14-16-21(17-15-20)23-11-7-8-12-25(23)42(40,41)35-29(39)22-9-5-4-6-10-22/h4-12,14-17H,2-3,13,18-19H2,1H3,(H,35,39)(H,37,38). The zero-order chi connectivity index (χ0) is 30.5. The number of aromatic nitrogens is 2. The molecule has 3 aromatic carbocycles. The van der Waals surface area contributed by atoms with Crippen molar-refractivity contribution in [2.75, 3.05) is 0 Å². The molecule has 0 aliphatic rings. The van der Waals surface area contributed by atoms with E-state index in [1.165, 1.54) is 28.8 Å². The van der Waals surface area contributed by atoms with Gasteiger partial charge in [-0.25, -0.2) is 18.1 Å². The normalized spacial score (nSPS) is 11.8. The van der Waals surface area contributed by atoms with Gasteiger partial charge in [-0.05, 0) is 35.7 Å². The number of carbonyl (C=O) groups excluding carboxylic acids is 1. The van der Waals surface area contributed by atoms with Crippen LogP contribution < -0.4 is 4.72 Å². The maximum absolute atomic E-state index is 13.8. The molecule has 2 N–H and O–H groups in total. The number of benzene rings is 3. The molecule has 42 heavy (non-hydrogen) atoms. The number of aryl methyl sites for hydroxylation is 1. The zero-order valence-electron chi connectivity index (χ0n) is 22.6. The first-order valence-electron chi connectivity index (χ1n) is 13.1. The number of hydrogen-bond acceptors (Lipinski definition) is 5. The Hall–Kier alpha value is -4.45. The van der Waals surface area contributed by atoms with Gasteiger partial charge in [0.1, 0.15) is 5.82 Å². The predicted octanol–water partition coefficient (Wildman–Crippen LogP) is 5.71. The van der Waals surface area contributed by atoms with Crippen LogP contribution in [0.2, 0.25) is 0 Å². The van der Waals surface area contributed by atoms with Crippen molar-refractivity contribution in [2.24, 2.45) is 0 Å². The Bertz CT molecular complexity index is 1680. The highest BCUT2D eigenvalue weighted by atomic mass is 32.2. The molecule has 4 aromatic rings. The highest BCUT2D eigenvalue weighted by molar-refractivity contribution is 7.90. The molecule has 1 aromatic heterocycles. The van der Waals surface area contributed by atoms with Crippen molar-refractivity contribution in [3.05, 3.63) is 107 Å². The van der Waals surface area contributed by atoms with Gasteiger partial charge in [0.15, 0.2) is 5.69 Å². The lowest BCUT2D eigenvalue weighted by Gasteiger charge is -2.14. The second-order valence-electron chi connectivity index (χ2n) is 9.58. The number of carbonyl (C=O) groups is 2. The van der Waals surface area contributed by atoms with Crippen LogP contribution in [0, 0.1) is 0 Å². The number of rotatable bonds is 11. The van der Waals surface area contributed by atoms with Gasteiger partial charge < -0.3 is 9.67 Å². The predicted molar refractivity (Wildman–Crippen MR) is 149 cm³/mol. The Morgan fingerprint density at radius 1 is 0.952 bits per heavy atom. The van der Waals surface area contributed by atoms with Crippen LogP contribution in [0.5, 0.6) is 0 Å². The van der Waals surface area contributed by atoms with Crippen LogP contribution >= 0.6 is 0 Å². The van der Waals surface area contributed by atoms with Crippen LogP contribution in [0.4, 0.5) is 13.2 Å². The van der Waals surface area contributed by atoms with Gasteiger partial charge in [-0.15, -0.1) is 0 Å². The smallest absolute Gasteiger partial charge is 0.435 e. The Morgan fingerprint density at radius 3 is 2.21 bits per heavy atom. The summed E-state index contributed by atoms with van der Waals surface area (Å²) in [5.41, 5.74) is -0.0798. The summed E-state index contributed by atoms with van der Waals surface area (Å²) in [6.45, 7) is 1.83. The van der Waals surface area contributed by atoms with E-state index in [0.29, 0.717) is 29.5 Å². The number of aliphatic carboxylic acids is 1. The second-order valence-corrected chi connectivity index (χ2v) is 11.2. The molecule has 4 rings (SSSR count). The first kappa shape index (κ1) is 30.5. The van der Waals surface area contributed by atoms with Gasteiger partial charge in [0.05, 0.1) is 17.0 Å². The summed E-state index contributed by atoms with van der Waals surface area (Å²) in [4.78, 5) is 27.7. The number of hydrogen-bond donors (Lipinski definition) is 2. The third-order valence-electron chi connectivity index (χ3n) is 6.54. The van der Waals surface area contributed by atoms with Crippen LogP contribution in [0.1, 0.15) is 52.9 Å². The molecule has 0 radical (unpaired) electrons. The van der Waals surface area contributed by atoms with Gasteiger partial charge in [-0.3, -0.25) is 9.59 Å². The highest BCUT2D eigenvalue weighted by Crippen LogP contribution is 2.33. The highest BCUT2D eigenvalue weighted by Gasteiger charge is 2.39. The van der Waals surface area contributed by atoms with E-state index in [0.717, 1.165) is 0 Å². The van der Waals surface area contributed by atoms with Crippen molar-refractivity contribution >= 4 is 21.9 Å². The molecule has 12 heteroatoms. The molecular weight excluding hydrogens is 571 g/mol. The first-order valence-corrected chi connectivity index (χ1v) is 14.6. The van der Waals surface area contributed by atoms with Crippen molar-refractivity contribution in [1.29, 1.82) is 0 Å². The fourth-order valence-corrected chi connectivity index (χ4v) is 5.74. The Labute approximate surface area is 240 Å². The van der Waals surface area contributed by atoms with Gasteiger partial charge >= 0.3 is 12.1 Å². The minimum Gasteiger partial charge on any atom is -0.481 e. The van der Waals surface area contributed by atoms with Crippen LogP contribution in [0.3, 0.4) is 0 Å². The fourth-order valence-electron chi connectivity index (χ4n) is 4.54. The number of alkyl halides is 3. The van der Waals surface area contributed by atoms with Crippen molar-refractivity contribution < 1.29 is 36.3 Å². The maximum atomic E-state index is 13.8. The fraction of sp³-hybridized carbons (Fsp3) is 0.233. The average molecular weight is 600 g/mol. The van der Waals surface area contributed by atoms with E-state index in [9.17, 15) is 36.3 Å². The minimum atomic E-state index is -4.81. The van der Waals surface area contributed by atoms with E-state index in [2.05, 4.69) is 9.71 Å².